The summed E-state index contributed by atoms with van der Waals surface area (Å²) in [7, 11) is 0. The van der Waals surface area contributed by atoms with Crippen molar-refractivity contribution in [2.75, 3.05) is 6.54 Å². The number of imidazole rings is 1. The standard InChI is InChI=1S/C30H23N3O3/c34-28(22-15-13-20(14-16-22)19-7-2-1-3-8-19)31-18-23-17-26(31)27-29(35)33(30(36)32(23)27)25-12-6-10-21-9-4-5-11-24(21)25/h1-16,23,26,35H,17-18H2/t23-,26?/m1/s1. The average molecular weight is 474 g/mol. The number of carbonyl (C=O) groups excluding carboxylic acids is 1. The monoisotopic (exact) mass is 473 g/mol. The maximum atomic E-state index is 13.5. The van der Waals surface area contributed by atoms with Gasteiger partial charge in [-0.1, -0.05) is 78.9 Å². The quantitative estimate of drug-likeness (QED) is 0.386. The Hall–Kier alpha value is -4.58. The van der Waals surface area contributed by atoms with Gasteiger partial charge in [-0.3, -0.25) is 9.36 Å². The number of benzene rings is 4. The first-order valence-corrected chi connectivity index (χ1v) is 12.1. The first-order chi connectivity index (χ1) is 17.6. The molecule has 2 aliphatic rings. The fourth-order valence-electron chi connectivity index (χ4n) is 5.89. The Balaban J connectivity index is 1.25. The van der Waals surface area contributed by atoms with Crippen LogP contribution in [0.25, 0.3) is 27.6 Å². The van der Waals surface area contributed by atoms with Crippen LogP contribution in [-0.2, 0) is 0 Å². The maximum absolute atomic E-state index is 13.5. The summed E-state index contributed by atoms with van der Waals surface area (Å²) in [6.07, 6.45) is 0.641. The van der Waals surface area contributed by atoms with E-state index < -0.39 is 0 Å². The summed E-state index contributed by atoms with van der Waals surface area (Å²) in [5, 5.41) is 13.2. The van der Waals surface area contributed by atoms with Gasteiger partial charge in [0, 0.05) is 17.5 Å². The highest BCUT2D eigenvalue weighted by Gasteiger charge is 2.49. The molecule has 1 unspecified atom stereocenters. The minimum Gasteiger partial charge on any atom is -0.493 e. The Morgan fingerprint density at radius 2 is 1.50 bits per heavy atom. The molecule has 0 saturated carbocycles. The molecule has 1 N–H and O–H groups in total. The van der Waals surface area contributed by atoms with E-state index >= 15 is 0 Å². The van der Waals surface area contributed by atoms with Crippen LogP contribution in [0.1, 0.15) is 34.6 Å². The number of aromatic nitrogens is 2. The first kappa shape index (κ1) is 20.8. The third-order valence-electron chi connectivity index (χ3n) is 7.56. The highest BCUT2D eigenvalue weighted by Crippen LogP contribution is 2.49. The molecule has 0 spiro atoms. The molecule has 4 aromatic carbocycles. The molecule has 0 aliphatic carbocycles. The molecule has 5 aromatic rings. The van der Waals surface area contributed by atoms with Crippen LogP contribution in [0.2, 0.25) is 0 Å². The molecule has 6 nitrogen and oxygen atoms in total. The zero-order valence-corrected chi connectivity index (χ0v) is 19.4. The highest BCUT2D eigenvalue weighted by molar-refractivity contribution is 5.95. The van der Waals surface area contributed by atoms with E-state index in [2.05, 4.69) is 0 Å². The molecule has 2 atom stereocenters. The van der Waals surface area contributed by atoms with E-state index in [9.17, 15) is 14.7 Å². The Bertz CT molecular complexity index is 1690. The van der Waals surface area contributed by atoms with Gasteiger partial charge in [-0.2, -0.15) is 0 Å². The molecule has 3 heterocycles. The Kier molecular flexibility index (Phi) is 4.45. The van der Waals surface area contributed by atoms with Gasteiger partial charge in [0.05, 0.1) is 17.8 Å². The summed E-state index contributed by atoms with van der Waals surface area (Å²) in [6.45, 7) is 0.454. The van der Waals surface area contributed by atoms with Gasteiger partial charge in [-0.05, 0) is 41.1 Å². The van der Waals surface area contributed by atoms with Crippen molar-refractivity contribution in [2.24, 2.45) is 0 Å². The zero-order chi connectivity index (χ0) is 24.4. The number of fused-ring (bicyclic) bond motifs is 6. The first-order valence-electron chi connectivity index (χ1n) is 12.1. The Morgan fingerprint density at radius 1 is 0.806 bits per heavy atom. The Morgan fingerprint density at radius 3 is 2.31 bits per heavy atom. The largest absolute Gasteiger partial charge is 0.493 e. The van der Waals surface area contributed by atoms with Crippen LogP contribution in [0.4, 0.5) is 0 Å². The molecular formula is C30H23N3O3. The molecule has 7 rings (SSSR count). The number of rotatable bonds is 3. The molecule has 1 amide bonds. The lowest BCUT2D eigenvalue weighted by atomic mass is 10.0. The SMILES string of the molecule is O=C(c1ccc(-c2ccccc2)cc1)N1C[C@H]2CC1c1c(O)n(-c3cccc4ccccc34)c(=O)n12. The maximum Gasteiger partial charge on any atom is 0.336 e. The van der Waals surface area contributed by atoms with Crippen molar-refractivity contribution in [1.82, 2.24) is 14.0 Å². The molecule has 2 bridgehead atoms. The number of aromatic hydroxyl groups is 1. The van der Waals surface area contributed by atoms with Gasteiger partial charge in [0.2, 0.25) is 5.88 Å². The van der Waals surface area contributed by atoms with E-state index in [1.54, 1.807) is 9.47 Å². The molecule has 176 valence electrons. The normalized spacial score (nSPS) is 18.1. The fourth-order valence-corrected chi connectivity index (χ4v) is 5.89. The van der Waals surface area contributed by atoms with Gasteiger partial charge >= 0.3 is 5.69 Å². The van der Waals surface area contributed by atoms with Crippen LogP contribution in [0.3, 0.4) is 0 Å². The van der Waals surface area contributed by atoms with E-state index in [1.165, 1.54) is 4.57 Å². The van der Waals surface area contributed by atoms with Crippen molar-refractivity contribution in [3.63, 3.8) is 0 Å². The summed E-state index contributed by atoms with van der Waals surface area (Å²) < 4.78 is 3.07. The topological polar surface area (TPSA) is 67.5 Å². The van der Waals surface area contributed by atoms with Crippen molar-refractivity contribution < 1.29 is 9.90 Å². The second-order valence-electron chi connectivity index (χ2n) is 9.50. The number of likely N-dealkylation sites (tertiary alicyclic amines) is 1. The van der Waals surface area contributed by atoms with Crippen molar-refractivity contribution in [1.29, 1.82) is 0 Å². The summed E-state index contributed by atoms with van der Waals surface area (Å²) in [4.78, 5) is 28.8. The molecule has 1 aromatic heterocycles. The summed E-state index contributed by atoms with van der Waals surface area (Å²) >= 11 is 0. The number of nitrogens with zero attached hydrogens (tertiary/aromatic N) is 3. The lowest BCUT2D eigenvalue weighted by molar-refractivity contribution is 0.0711. The molecule has 0 radical (unpaired) electrons. The number of hydrogen-bond donors (Lipinski definition) is 1. The zero-order valence-electron chi connectivity index (χ0n) is 19.4. The fraction of sp³-hybridized carbons (Fsp3) is 0.133. The van der Waals surface area contributed by atoms with Crippen LogP contribution < -0.4 is 5.69 Å². The van der Waals surface area contributed by atoms with E-state index in [0.29, 0.717) is 29.9 Å². The third-order valence-corrected chi connectivity index (χ3v) is 7.56. The summed E-state index contributed by atoms with van der Waals surface area (Å²) in [5.41, 5.74) is 3.66. The smallest absolute Gasteiger partial charge is 0.336 e. The second kappa shape index (κ2) is 7.71. The van der Waals surface area contributed by atoms with Crippen molar-refractivity contribution in [2.45, 2.75) is 18.5 Å². The van der Waals surface area contributed by atoms with Crippen LogP contribution in [0, 0.1) is 0 Å². The van der Waals surface area contributed by atoms with Gasteiger partial charge in [0.1, 0.15) is 5.69 Å². The second-order valence-corrected chi connectivity index (χ2v) is 9.50. The van der Waals surface area contributed by atoms with Gasteiger partial charge in [0.15, 0.2) is 0 Å². The molecule has 1 saturated heterocycles. The van der Waals surface area contributed by atoms with Gasteiger partial charge in [-0.25, -0.2) is 9.36 Å². The van der Waals surface area contributed by atoms with E-state index in [4.69, 9.17) is 0 Å². The van der Waals surface area contributed by atoms with Crippen LogP contribution in [0.5, 0.6) is 5.88 Å². The van der Waals surface area contributed by atoms with E-state index in [1.807, 2.05) is 97.1 Å². The molecule has 1 fully saturated rings. The van der Waals surface area contributed by atoms with Gasteiger partial charge in [0.25, 0.3) is 5.91 Å². The van der Waals surface area contributed by atoms with E-state index in [-0.39, 0.29) is 29.6 Å². The molecule has 6 heteroatoms. The number of hydrogen-bond acceptors (Lipinski definition) is 3. The van der Waals surface area contributed by atoms with E-state index in [0.717, 1.165) is 21.9 Å². The van der Waals surface area contributed by atoms with Crippen molar-refractivity contribution in [3.05, 3.63) is 119 Å². The van der Waals surface area contributed by atoms with Crippen LogP contribution >= 0.6 is 0 Å². The van der Waals surface area contributed by atoms with Crippen molar-refractivity contribution in [3.8, 4) is 22.7 Å². The van der Waals surface area contributed by atoms with Gasteiger partial charge < -0.3 is 10.0 Å². The van der Waals surface area contributed by atoms with Gasteiger partial charge in [-0.15, -0.1) is 0 Å². The Labute approximate surface area is 207 Å². The molecule has 2 aliphatic heterocycles. The minimum atomic E-state index is -0.333. The molecular weight excluding hydrogens is 450 g/mol. The molecule has 36 heavy (non-hydrogen) atoms. The number of carbonyl (C=O) groups is 1. The van der Waals surface area contributed by atoms with Crippen molar-refractivity contribution >= 4 is 16.7 Å². The summed E-state index contributed by atoms with van der Waals surface area (Å²) in [5.74, 6) is -0.168. The lowest BCUT2D eigenvalue weighted by Crippen LogP contribution is -2.37. The number of amides is 1. The third kappa shape index (κ3) is 2.91. The predicted molar refractivity (Wildman–Crippen MR) is 139 cm³/mol. The van der Waals surface area contributed by atoms with Crippen LogP contribution in [-0.4, -0.2) is 31.6 Å². The summed E-state index contributed by atoms with van der Waals surface area (Å²) in [6, 6.07) is 30.7. The minimum absolute atomic E-state index is 0.0826. The predicted octanol–water partition coefficient (Wildman–Crippen LogP) is 5.31. The lowest BCUT2D eigenvalue weighted by Gasteiger charge is -2.27. The average Bonchev–Trinajstić information content (AvgIpc) is 3.60. The van der Waals surface area contributed by atoms with Crippen LogP contribution in [0.15, 0.2) is 102 Å². The highest BCUT2D eigenvalue weighted by atomic mass is 16.3.